The third kappa shape index (κ3) is 3.78. The predicted molar refractivity (Wildman–Crippen MR) is 108 cm³/mol. The second-order valence-electron chi connectivity index (χ2n) is 7.63. The molecule has 6 heteroatoms. The molecule has 128 valence electrons. The first-order valence-electron chi connectivity index (χ1n) is 8.96. The minimum atomic E-state index is 0. The Morgan fingerprint density at radius 1 is 1.00 bits per heavy atom. The Hall–Kier alpha value is 0.940. The number of nitrogens with zero attached hydrogens (tertiary/aromatic N) is 2. The quantitative estimate of drug-likeness (QED) is 0.693. The van der Waals surface area contributed by atoms with Crippen LogP contribution in [0.5, 0.6) is 0 Å². The molecule has 4 aliphatic heterocycles. The summed E-state index contributed by atoms with van der Waals surface area (Å²) < 4.78 is 0. The van der Waals surface area contributed by atoms with Gasteiger partial charge in [0.25, 0.3) is 5.91 Å². The van der Waals surface area contributed by atoms with Gasteiger partial charge in [0.15, 0.2) is 0 Å². The van der Waals surface area contributed by atoms with Crippen molar-refractivity contribution in [1.29, 1.82) is 0 Å². The molecule has 0 spiro atoms. The maximum atomic E-state index is 13.1. The van der Waals surface area contributed by atoms with E-state index in [1.807, 2.05) is 0 Å². The van der Waals surface area contributed by atoms with Crippen molar-refractivity contribution in [2.24, 2.45) is 5.92 Å². The molecule has 2 bridgehead atoms. The Bertz CT molecular complexity index is 634. The molecule has 1 aromatic carbocycles. The molecule has 0 unspecified atom stereocenters. The Balaban J connectivity index is 0.000000751. The number of hydrogen-bond donors (Lipinski definition) is 0. The monoisotopic (exact) mass is 380 g/mol. The molecule has 1 amide bonds. The van der Waals surface area contributed by atoms with Gasteiger partial charge in [-0.05, 0) is 68.3 Å². The SMILES string of the molecule is Cl.O=C1c2cccc3c2[C@@H](CCC3)CN1[C@@H]1CN2CCC1CC2.[NaH].[NaH]. The molecule has 1 aromatic rings. The number of piperidine rings is 3. The molecule has 3 nitrogen and oxygen atoms in total. The van der Waals surface area contributed by atoms with Gasteiger partial charge in [0, 0.05) is 30.6 Å². The fraction of sp³-hybridized carbons (Fsp3) is 0.632. The molecule has 0 saturated carbocycles. The fourth-order valence-corrected chi connectivity index (χ4v) is 5.41. The van der Waals surface area contributed by atoms with Gasteiger partial charge in [-0.15, -0.1) is 12.4 Å². The van der Waals surface area contributed by atoms with Crippen LogP contribution in [-0.2, 0) is 6.42 Å². The van der Waals surface area contributed by atoms with Gasteiger partial charge in [0.2, 0.25) is 0 Å². The van der Waals surface area contributed by atoms with E-state index in [1.54, 1.807) is 0 Å². The molecule has 0 N–H and O–H groups in total. The van der Waals surface area contributed by atoms with E-state index < -0.39 is 0 Å². The van der Waals surface area contributed by atoms with Gasteiger partial charge < -0.3 is 9.80 Å². The van der Waals surface area contributed by atoms with Crippen molar-refractivity contribution in [1.82, 2.24) is 9.80 Å². The summed E-state index contributed by atoms with van der Waals surface area (Å²) in [6, 6.07) is 6.87. The molecule has 6 rings (SSSR count). The van der Waals surface area contributed by atoms with E-state index in [-0.39, 0.29) is 71.5 Å². The van der Waals surface area contributed by atoms with Gasteiger partial charge in [-0.2, -0.15) is 0 Å². The van der Waals surface area contributed by atoms with Crippen LogP contribution < -0.4 is 0 Å². The molecule has 1 aliphatic carbocycles. The zero-order valence-corrected chi connectivity index (χ0v) is 14.4. The number of hydrogen-bond acceptors (Lipinski definition) is 2. The first-order valence-corrected chi connectivity index (χ1v) is 8.96. The summed E-state index contributed by atoms with van der Waals surface area (Å²) in [5.41, 5.74) is 3.86. The van der Waals surface area contributed by atoms with Crippen LogP contribution in [0.1, 0.15) is 53.1 Å². The summed E-state index contributed by atoms with van der Waals surface area (Å²) in [5.74, 6) is 1.64. The maximum absolute atomic E-state index is 13.1. The summed E-state index contributed by atoms with van der Waals surface area (Å²) in [6.07, 6.45) is 6.27. The second-order valence-corrected chi connectivity index (χ2v) is 7.63. The van der Waals surface area contributed by atoms with Crippen molar-refractivity contribution in [3.8, 4) is 0 Å². The van der Waals surface area contributed by atoms with Gasteiger partial charge in [0.05, 0.1) is 0 Å². The van der Waals surface area contributed by atoms with Gasteiger partial charge >= 0.3 is 59.1 Å². The molecular formula is C19H27ClN2Na2O. The summed E-state index contributed by atoms with van der Waals surface area (Å²) >= 11 is 0. The number of benzene rings is 1. The number of carbonyl (C=O) groups is 1. The van der Waals surface area contributed by atoms with Crippen molar-refractivity contribution >= 4 is 77.4 Å². The summed E-state index contributed by atoms with van der Waals surface area (Å²) in [5, 5.41) is 0. The molecule has 2 atom stereocenters. The summed E-state index contributed by atoms with van der Waals surface area (Å²) in [6.45, 7) is 4.57. The molecule has 3 saturated heterocycles. The van der Waals surface area contributed by atoms with E-state index in [2.05, 4.69) is 28.0 Å². The summed E-state index contributed by atoms with van der Waals surface area (Å²) in [7, 11) is 0. The van der Waals surface area contributed by atoms with E-state index >= 15 is 0 Å². The molecule has 5 aliphatic rings. The molecule has 0 radical (unpaired) electrons. The van der Waals surface area contributed by atoms with Crippen LogP contribution >= 0.6 is 12.4 Å². The van der Waals surface area contributed by atoms with Crippen LogP contribution in [-0.4, -0.2) is 107 Å². The zero-order chi connectivity index (χ0) is 14.7. The average Bonchev–Trinajstić information content (AvgIpc) is 2.59. The number of carbonyl (C=O) groups excluding carboxylic acids is 1. The van der Waals surface area contributed by atoms with Gasteiger partial charge in [-0.3, -0.25) is 4.79 Å². The molecule has 25 heavy (non-hydrogen) atoms. The Morgan fingerprint density at radius 2 is 1.76 bits per heavy atom. The number of fused-ring (bicyclic) bond motifs is 3. The van der Waals surface area contributed by atoms with Crippen LogP contribution in [0.3, 0.4) is 0 Å². The third-order valence-corrected chi connectivity index (χ3v) is 6.53. The number of amides is 1. The first-order chi connectivity index (χ1) is 10.8. The normalized spacial score (nSPS) is 32.0. The first kappa shape index (κ1) is 22.2. The van der Waals surface area contributed by atoms with E-state index in [4.69, 9.17) is 0 Å². The van der Waals surface area contributed by atoms with Crippen LogP contribution in [0.15, 0.2) is 18.2 Å². The topological polar surface area (TPSA) is 23.6 Å². The Morgan fingerprint density at radius 3 is 2.44 bits per heavy atom. The number of aryl methyl sites for hydroxylation is 1. The van der Waals surface area contributed by atoms with Crippen molar-refractivity contribution in [2.45, 2.75) is 44.1 Å². The molecule has 0 aromatic heterocycles. The van der Waals surface area contributed by atoms with Gasteiger partial charge in [0.1, 0.15) is 0 Å². The fourth-order valence-electron chi connectivity index (χ4n) is 5.41. The zero-order valence-electron chi connectivity index (χ0n) is 13.5. The Labute approximate surface area is 201 Å². The van der Waals surface area contributed by atoms with Gasteiger partial charge in [-0.25, -0.2) is 0 Å². The second kappa shape index (κ2) is 8.96. The van der Waals surface area contributed by atoms with Crippen molar-refractivity contribution < 1.29 is 4.79 Å². The van der Waals surface area contributed by atoms with Crippen LogP contribution in [0.4, 0.5) is 0 Å². The van der Waals surface area contributed by atoms with E-state index in [1.165, 1.54) is 49.9 Å². The minimum absolute atomic E-state index is 0. The van der Waals surface area contributed by atoms with E-state index in [9.17, 15) is 4.79 Å². The van der Waals surface area contributed by atoms with Crippen LogP contribution in [0.25, 0.3) is 0 Å². The summed E-state index contributed by atoms with van der Waals surface area (Å²) in [4.78, 5) is 18.0. The average molecular weight is 381 g/mol. The predicted octanol–water partition coefficient (Wildman–Crippen LogP) is 1.78. The standard InChI is InChI=1S/C19H24N2O.ClH.2Na.2H/c22-19-16-6-2-4-14-3-1-5-15(18(14)16)11-21(19)17-12-20-9-7-13(17)8-10-20;;;;;/h2,4,6,13,15,17H,1,3,5,7-12H2;1H;;;;/t15-,17+;;;;;/m0...../s1. The third-order valence-electron chi connectivity index (χ3n) is 6.53. The van der Waals surface area contributed by atoms with Gasteiger partial charge in [-0.1, -0.05) is 12.1 Å². The molecule has 3 fully saturated rings. The van der Waals surface area contributed by atoms with Crippen LogP contribution in [0, 0.1) is 5.92 Å². The van der Waals surface area contributed by atoms with Crippen LogP contribution in [0.2, 0.25) is 0 Å². The molecular weight excluding hydrogens is 354 g/mol. The Kier molecular flexibility index (Phi) is 7.97. The van der Waals surface area contributed by atoms with E-state index in [0.29, 0.717) is 17.9 Å². The molecule has 4 heterocycles. The van der Waals surface area contributed by atoms with Crippen molar-refractivity contribution in [3.63, 3.8) is 0 Å². The number of rotatable bonds is 1. The van der Waals surface area contributed by atoms with E-state index in [0.717, 1.165) is 31.0 Å². The van der Waals surface area contributed by atoms with Crippen molar-refractivity contribution in [3.05, 3.63) is 34.9 Å². The number of halogens is 1. The van der Waals surface area contributed by atoms with Crippen molar-refractivity contribution in [2.75, 3.05) is 26.2 Å².